The minimum atomic E-state index is -0.903. The second-order valence-corrected chi connectivity index (χ2v) is 7.32. The quantitative estimate of drug-likeness (QED) is 0.457. The number of nitrogens with one attached hydrogen (secondary N) is 1. The number of methoxy groups -OCH3 is 2. The van der Waals surface area contributed by atoms with E-state index in [2.05, 4.69) is 20.8 Å². The topological polar surface area (TPSA) is 108 Å². The van der Waals surface area contributed by atoms with Crippen molar-refractivity contribution in [3.05, 3.63) is 74.9 Å². The molecule has 0 bridgehead atoms. The molecule has 0 radical (unpaired) electrons. The first kappa shape index (κ1) is 20.8. The monoisotopic (exact) mass is 459 g/mol. The number of hydrogen-bond donors (Lipinski definition) is 1. The van der Waals surface area contributed by atoms with Gasteiger partial charge in [-0.05, 0) is 46.8 Å². The Morgan fingerprint density at radius 3 is 2.48 bits per heavy atom. The Morgan fingerprint density at radius 1 is 1.10 bits per heavy atom. The van der Waals surface area contributed by atoms with E-state index in [-0.39, 0.29) is 22.2 Å². The van der Waals surface area contributed by atoms with Crippen LogP contribution >= 0.6 is 23.2 Å². The van der Waals surface area contributed by atoms with Crippen LogP contribution in [0.25, 0.3) is 0 Å². The van der Waals surface area contributed by atoms with Gasteiger partial charge in [0.2, 0.25) is 5.95 Å². The fourth-order valence-corrected chi connectivity index (χ4v) is 3.81. The van der Waals surface area contributed by atoms with Crippen molar-refractivity contribution in [1.82, 2.24) is 20.2 Å². The first-order valence-corrected chi connectivity index (χ1v) is 9.71. The lowest BCUT2D eigenvalue weighted by Gasteiger charge is -2.28. The third-order valence-corrected chi connectivity index (χ3v) is 5.32. The van der Waals surface area contributed by atoms with Gasteiger partial charge in [0.15, 0.2) is 5.78 Å². The SMILES string of the molecule is COC(=O)C1=C(C(=O)c2ccc(OC)cc2)[C@H](c2ccc(Cl)cc2Cl)n2nnnc2N1. The van der Waals surface area contributed by atoms with Crippen LogP contribution in [0.5, 0.6) is 5.75 Å². The minimum absolute atomic E-state index is 0.0704. The van der Waals surface area contributed by atoms with Gasteiger partial charge in [0.1, 0.15) is 17.5 Å². The van der Waals surface area contributed by atoms with Gasteiger partial charge in [0.05, 0.1) is 19.8 Å². The van der Waals surface area contributed by atoms with Crippen molar-refractivity contribution in [2.75, 3.05) is 19.5 Å². The highest BCUT2D eigenvalue weighted by atomic mass is 35.5. The number of Topliss-reactive ketones (excluding diaryl/α,β-unsaturated/α-hetero) is 1. The predicted molar refractivity (Wildman–Crippen MR) is 112 cm³/mol. The number of benzene rings is 2. The van der Waals surface area contributed by atoms with Gasteiger partial charge >= 0.3 is 5.97 Å². The molecule has 4 rings (SSSR count). The number of aromatic nitrogens is 4. The Bertz CT molecular complexity index is 1210. The number of anilines is 1. The zero-order chi connectivity index (χ0) is 22.1. The third-order valence-electron chi connectivity index (χ3n) is 4.76. The number of tetrazole rings is 1. The molecule has 0 spiro atoms. The molecule has 31 heavy (non-hydrogen) atoms. The molecule has 11 heteroatoms. The van der Waals surface area contributed by atoms with Gasteiger partial charge < -0.3 is 14.8 Å². The van der Waals surface area contributed by atoms with E-state index in [1.165, 1.54) is 25.0 Å². The van der Waals surface area contributed by atoms with Crippen LogP contribution in [0.15, 0.2) is 53.7 Å². The van der Waals surface area contributed by atoms with E-state index in [1.807, 2.05) is 0 Å². The minimum Gasteiger partial charge on any atom is -0.497 e. The molecule has 1 N–H and O–H groups in total. The molecule has 158 valence electrons. The second kappa shape index (κ2) is 8.37. The summed E-state index contributed by atoms with van der Waals surface area (Å²) in [6.07, 6.45) is 0. The number of fused-ring (bicyclic) bond motifs is 1. The highest BCUT2D eigenvalue weighted by molar-refractivity contribution is 6.35. The number of hydrogen-bond acceptors (Lipinski definition) is 8. The summed E-state index contributed by atoms with van der Waals surface area (Å²) in [4.78, 5) is 26.2. The largest absolute Gasteiger partial charge is 0.497 e. The molecule has 0 amide bonds. The molecule has 1 aromatic heterocycles. The molecule has 0 aliphatic carbocycles. The molecule has 0 saturated carbocycles. The molecule has 0 unspecified atom stereocenters. The van der Waals surface area contributed by atoms with Gasteiger partial charge in [-0.2, -0.15) is 4.68 Å². The molecule has 1 atom stereocenters. The lowest BCUT2D eigenvalue weighted by atomic mass is 9.89. The number of ether oxygens (including phenoxy) is 2. The number of carbonyl (C=O) groups is 2. The van der Waals surface area contributed by atoms with Crippen molar-refractivity contribution in [2.45, 2.75) is 6.04 Å². The molecule has 2 heterocycles. The van der Waals surface area contributed by atoms with Crippen LogP contribution in [0.4, 0.5) is 5.95 Å². The van der Waals surface area contributed by atoms with E-state index in [9.17, 15) is 9.59 Å². The molecule has 1 aliphatic rings. The van der Waals surface area contributed by atoms with Crippen LogP contribution in [0, 0.1) is 0 Å². The van der Waals surface area contributed by atoms with Gasteiger partial charge in [-0.3, -0.25) is 4.79 Å². The van der Waals surface area contributed by atoms with Gasteiger partial charge in [-0.1, -0.05) is 34.4 Å². The molecule has 1 aliphatic heterocycles. The molecule has 0 fully saturated rings. The zero-order valence-corrected chi connectivity index (χ0v) is 17.8. The number of esters is 1. The molecule has 3 aromatic rings. The van der Waals surface area contributed by atoms with E-state index < -0.39 is 17.8 Å². The van der Waals surface area contributed by atoms with Crippen molar-refractivity contribution in [1.29, 1.82) is 0 Å². The van der Waals surface area contributed by atoms with Crippen molar-refractivity contribution >= 4 is 40.9 Å². The van der Waals surface area contributed by atoms with Gasteiger partial charge in [0, 0.05) is 21.2 Å². The number of halogens is 2. The fraction of sp³-hybridized carbons (Fsp3) is 0.150. The third kappa shape index (κ3) is 3.73. The number of allylic oxidation sites excluding steroid dienone is 1. The molecular formula is C20H15Cl2N5O4. The zero-order valence-electron chi connectivity index (χ0n) is 16.3. The van der Waals surface area contributed by atoms with E-state index in [0.717, 1.165) is 0 Å². The molecule has 9 nitrogen and oxygen atoms in total. The summed E-state index contributed by atoms with van der Waals surface area (Å²) in [5.74, 6) is -0.447. The van der Waals surface area contributed by atoms with Crippen molar-refractivity contribution in [2.24, 2.45) is 0 Å². The van der Waals surface area contributed by atoms with E-state index >= 15 is 0 Å². The van der Waals surface area contributed by atoms with Crippen molar-refractivity contribution in [3.8, 4) is 5.75 Å². The summed E-state index contributed by atoms with van der Waals surface area (Å²) in [6.45, 7) is 0. The van der Waals surface area contributed by atoms with Crippen molar-refractivity contribution in [3.63, 3.8) is 0 Å². The van der Waals surface area contributed by atoms with Crippen LogP contribution in [-0.2, 0) is 9.53 Å². The maximum Gasteiger partial charge on any atom is 0.355 e. The maximum atomic E-state index is 13.6. The number of ketones is 1. The van der Waals surface area contributed by atoms with Crippen LogP contribution in [-0.4, -0.2) is 46.2 Å². The van der Waals surface area contributed by atoms with Crippen LogP contribution in [0.1, 0.15) is 22.0 Å². The summed E-state index contributed by atoms with van der Waals surface area (Å²) in [5.41, 5.74) is 0.799. The number of carbonyl (C=O) groups excluding carboxylic acids is 2. The lowest BCUT2D eigenvalue weighted by Crippen LogP contribution is -2.33. The Hall–Kier alpha value is -3.43. The van der Waals surface area contributed by atoms with Gasteiger partial charge in [0.25, 0.3) is 0 Å². The smallest absolute Gasteiger partial charge is 0.355 e. The Morgan fingerprint density at radius 2 is 1.84 bits per heavy atom. The van der Waals surface area contributed by atoms with Crippen molar-refractivity contribution < 1.29 is 19.1 Å². The summed E-state index contributed by atoms with van der Waals surface area (Å²) in [5, 5.41) is 15.0. The lowest BCUT2D eigenvalue weighted by molar-refractivity contribution is -0.136. The Balaban J connectivity index is 1.95. The summed E-state index contributed by atoms with van der Waals surface area (Å²) >= 11 is 12.5. The normalized spacial score (nSPS) is 15.2. The highest BCUT2D eigenvalue weighted by Gasteiger charge is 2.39. The molecule has 2 aromatic carbocycles. The Labute approximate surface area is 186 Å². The predicted octanol–water partition coefficient (Wildman–Crippen LogP) is 3.31. The second-order valence-electron chi connectivity index (χ2n) is 6.48. The van der Waals surface area contributed by atoms with E-state index in [0.29, 0.717) is 21.9 Å². The number of rotatable bonds is 5. The highest BCUT2D eigenvalue weighted by Crippen LogP contribution is 2.40. The average Bonchev–Trinajstić information content (AvgIpc) is 3.25. The summed E-state index contributed by atoms with van der Waals surface area (Å²) < 4.78 is 11.4. The molecular weight excluding hydrogens is 445 g/mol. The first-order chi connectivity index (χ1) is 14.9. The fourth-order valence-electron chi connectivity index (χ4n) is 3.30. The van der Waals surface area contributed by atoms with Gasteiger partial charge in [-0.15, -0.1) is 0 Å². The van der Waals surface area contributed by atoms with Gasteiger partial charge in [-0.25, -0.2) is 4.79 Å². The average molecular weight is 460 g/mol. The Kier molecular flexibility index (Phi) is 5.62. The summed E-state index contributed by atoms with van der Waals surface area (Å²) in [7, 11) is 2.74. The number of nitrogens with zero attached hydrogens (tertiary/aromatic N) is 4. The van der Waals surface area contributed by atoms with Crippen LogP contribution in [0.3, 0.4) is 0 Å². The van der Waals surface area contributed by atoms with Crippen LogP contribution in [0.2, 0.25) is 10.0 Å². The summed E-state index contributed by atoms with van der Waals surface area (Å²) in [6, 6.07) is 10.4. The maximum absolute atomic E-state index is 13.6. The van der Waals surface area contributed by atoms with E-state index in [4.69, 9.17) is 32.7 Å². The van der Waals surface area contributed by atoms with Crippen LogP contribution < -0.4 is 10.1 Å². The first-order valence-electron chi connectivity index (χ1n) is 8.95. The molecule has 0 saturated heterocycles. The standard InChI is InChI=1S/C20H15Cl2N5O4/c1-30-12-6-3-10(4-7-12)18(28)15-16(19(29)31-2)23-20-24-25-26-27(20)17(15)13-8-5-11(21)9-14(13)22/h3-9,17H,1-2H3,(H,23,24,26)/t17-/m0/s1. The van der Waals surface area contributed by atoms with E-state index in [1.54, 1.807) is 36.4 Å².